The van der Waals surface area contributed by atoms with Crippen LogP contribution in [0.2, 0.25) is 0 Å². The zero-order chi connectivity index (χ0) is 18.0. The molecule has 9 heteroatoms. The highest BCUT2D eigenvalue weighted by atomic mass is 19.2. The lowest BCUT2D eigenvalue weighted by Gasteiger charge is -2.08. The van der Waals surface area contributed by atoms with E-state index in [1.807, 2.05) is 5.32 Å². The highest BCUT2D eigenvalue weighted by Crippen LogP contribution is 2.32. The van der Waals surface area contributed by atoms with E-state index in [2.05, 4.69) is 0 Å². The van der Waals surface area contributed by atoms with Crippen molar-refractivity contribution in [3.8, 4) is 11.5 Å². The van der Waals surface area contributed by atoms with Crippen molar-refractivity contribution in [1.82, 2.24) is 0 Å². The summed E-state index contributed by atoms with van der Waals surface area (Å²) in [5, 5.41) is 1.98. The van der Waals surface area contributed by atoms with Gasteiger partial charge in [0.25, 0.3) is 5.91 Å². The first-order chi connectivity index (χ1) is 12.0. The van der Waals surface area contributed by atoms with Gasteiger partial charge in [-0.1, -0.05) is 0 Å². The topological polar surface area (TPSA) is 73.9 Å². The molecule has 1 aliphatic rings. The molecule has 1 aliphatic heterocycles. The van der Waals surface area contributed by atoms with Crippen LogP contribution in [-0.4, -0.2) is 25.3 Å². The molecule has 1 heterocycles. The van der Waals surface area contributed by atoms with E-state index >= 15 is 0 Å². The van der Waals surface area contributed by atoms with E-state index < -0.39 is 41.6 Å². The number of hydrogen-bond donors (Lipinski definition) is 1. The van der Waals surface area contributed by atoms with Crippen LogP contribution in [0.3, 0.4) is 0 Å². The lowest BCUT2D eigenvalue weighted by Crippen LogP contribution is -2.21. The number of rotatable bonds is 4. The fraction of sp³-hybridized carbons (Fsp3) is 0.125. The molecule has 0 unspecified atom stereocenters. The Morgan fingerprint density at radius 3 is 2.60 bits per heavy atom. The summed E-state index contributed by atoms with van der Waals surface area (Å²) in [7, 11) is 0. The van der Waals surface area contributed by atoms with Crippen LogP contribution in [0.25, 0.3) is 0 Å². The van der Waals surface area contributed by atoms with Crippen LogP contribution in [0.5, 0.6) is 11.5 Å². The molecule has 1 N–H and O–H groups in total. The molecule has 130 valence electrons. The monoisotopic (exact) mass is 353 g/mol. The smallest absolute Gasteiger partial charge is 0.338 e. The highest BCUT2D eigenvalue weighted by molar-refractivity contribution is 5.95. The van der Waals surface area contributed by atoms with Gasteiger partial charge in [-0.15, -0.1) is 0 Å². The Kier molecular flexibility index (Phi) is 4.46. The number of fused-ring (bicyclic) bond motifs is 1. The van der Waals surface area contributed by atoms with Gasteiger partial charge >= 0.3 is 5.97 Å². The van der Waals surface area contributed by atoms with Crippen LogP contribution < -0.4 is 14.8 Å². The number of ether oxygens (including phenoxy) is 3. The standard InChI is InChI=1S/C16H10F3NO5/c17-9-2-3-10(15(19)14(9)18)20-13(21)6-23-16(22)8-1-4-11-12(5-8)25-7-24-11/h1-5H,6-7H2,(H,20,21). The second kappa shape index (κ2) is 6.71. The third kappa shape index (κ3) is 3.49. The quantitative estimate of drug-likeness (QED) is 0.676. The van der Waals surface area contributed by atoms with Crippen molar-refractivity contribution < 1.29 is 37.0 Å². The van der Waals surface area contributed by atoms with Crippen molar-refractivity contribution >= 4 is 17.6 Å². The van der Waals surface area contributed by atoms with E-state index in [4.69, 9.17) is 14.2 Å². The molecular formula is C16H10F3NO5. The molecule has 6 nitrogen and oxygen atoms in total. The second-order valence-corrected chi connectivity index (χ2v) is 4.92. The minimum Gasteiger partial charge on any atom is -0.454 e. The summed E-state index contributed by atoms with van der Waals surface area (Å²) in [4.78, 5) is 23.6. The van der Waals surface area contributed by atoms with Crippen molar-refractivity contribution in [2.45, 2.75) is 0 Å². The lowest BCUT2D eigenvalue weighted by molar-refractivity contribution is -0.119. The molecule has 0 radical (unpaired) electrons. The van der Waals surface area contributed by atoms with Crippen LogP contribution in [0, 0.1) is 17.5 Å². The predicted molar refractivity (Wildman–Crippen MR) is 77.8 cm³/mol. The van der Waals surface area contributed by atoms with Crippen molar-refractivity contribution in [1.29, 1.82) is 0 Å². The number of amides is 1. The first kappa shape index (κ1) is 16.6. The lowest BCUT2D eigenvalue weighted by atomic mass is 10.2. The Morgan fingerprint density at radius 2 is 1.80 bits per heavy atom. The van der Waals surface area contributed by atoms with Crippen molar-refractivity contribution in [3.63, 3.8) is 0 Å². The van der Waals surface area contributed by atoms with E-state index in [1.54, 1.807) is 0 Å². The molecule has 3 rings (SSSR count). The molecule has 0 aromatic heterocycles. The van der Waals surface area contributed by atoms with E-state index in [0.29, 0.717) is 17.6 Å². The maximum Gasteiger partial charge on any atom is 0.338 e. The molecule has 2 aromatic carbocycles. The van der Waals surface area contributed by atoms with Gasteiger partial charge in [0.1, 0.15) is 0 Å². The summed E-state index contributed by atoms with van der Waals surface area (Å²) in [6, 6.07) is 5.83. The highest BCUT2D eigenvalue weighted by Gasteiger charge is 2.19. The number of carbonyl (C=O) groups is 2. The van der Waals surface area contributed by atoms with E-state index in [1.165, 1.54) is 18.2 Å². The first-order valence-corrected chi connectivity index (χ1v) is 6.96. The van der Waals surface area contributed by atoms with Gasteiger partial charge in [0.15, 0.2) is 35.6 Å². The third-order valence-corrected chi connectivity index (χ3v) is 3.25. The molecular weight excluding hydrogens is 343 g/mol. The molecule has 0 bridgehead atoms. The maximum atomic E-state index is 13.5. The zero-order valence-electron chi connectivity index (χ0n) is 12.5. The van der Waals surface area contributed by atoms with Crippen molar-refractivity contribution in [3.05, 3.63) is 53.3 Å². The number of carbonyl (C=O) groups excluding carboxylic acids is 2. The van der Waals surface area contributed by atoms with Gasteiger partial charge in [0.2, 0.25) is 6.79 Å². The molecule has 0 fully saturated rings. The normalized spacial score (nSPS) is 12.0. The van der Waals surface area contributed by atoms with Crippen molar-refractivity contribution in [2.75, 3.05) is 18.7 Å². The molecule has 1 amide bonds. The molecule has 0 saturated heterocycles. The van der Waals surface area contributed by atoms with Gasteiger partial charge in [-0.05, 0) is 30.3 Å². The average Bonchev–Trinajstić information content (AvgIpc) is 3.08. The Morgan fingerprint density at radius 1 is 1.04 bits per heavy atom. The van der Waals surface area contributed by atoms with Gasteiger partial charge < -0.3 is 19.5 Å². The fourth-order valence-electron chi connectivity index (χ4n) is 2.05. The van der Waals surface area contributed by atoms with Gasteiger partial charge in [0, 0.05) is 0 Å². The molecule has 0 saturated carbocycles. The van der Waals surface area contributed by atoms with Gasteiger partial charge in [-0.3, -0.25) is 4.79 Å². The van der Waals surface area contributed by atoms with Crippen LogP contribution in [0.4, 0.5) is 18.9 Å². The average molecular weight is 353 g/mol. The van der Waals surface area contributed by atoms with E-state index in [9.17, 15) is 22.8 Å². The Bertz CT molecular complexity index is 856. The van der Waals surface area contributed by atoms with Gasteiger partial charge in [0.05, 0.1) is 11.3 Å². The van der Waals surface area contributed by atoms with Crippen LogP contribution in [0.15, 0.2) is 30.3 Å². The molecule has 0 atom stereocenters. The number of halogens is 3. The Balaban J connectivity index is 1.59. The summed E-state index contributed by atoms with van der Waals surface area (Å²) in [6.07, 6.45) is 0. The molecule has 0 spiro atoms. The Labute approximate surface area is 139 Å². The zero-order valence-corrected chi connectivity index (χ0v) is 12.5. The second-order valence-electron chi connectivity index (χ2n) is 4.92. The summed E-state index contributed by atoms with van der Waals surface area (Å²) in [6.45, 7) is -0.707. The van der Waals surface area contributed by atoms with E-state index in [0.717, 1.165) is 6.07 Å². The van der Waals surface area contributed by atoms with Crippen LogP contribution >= 0.6 is 0 Å². The van der Waals surface area contributed by atoms with Crippen LogP contribution in [0.1, 0.15) is 10.4 Å². The number of hydrogen-bond acceptors (Lipinski definition) is 5. The number of esters is 1. The largest absolute Gasteiger partial charge is 0.454 e. The molecule has 25 heavy (non-hydrogen) atoms. The minimum absolute atomic E-state index is 0.0377. The number of anilines is 1. The fourth-order valence-corrected chi connectivity index (χ4v) is 2.05. The van der Waals surface area contributed by atoms with Crippen LogP contribution in [-0.2, 0) is 9.53 Å². The number of nitrogens with one attached hydrogen (secondary N) is 1. The predicted octanol–water partition coefficient (Wildman–Crippen LogP) is 2.63. The Hall–Kier alpha value is -3.23. The van der Waals surface area contributed by atoms with Gasteiger partial charge in [-0.25, -0.2) is 18.0 Å². The summed E-state index contributed by atoms with van der Waals surface area (Å²) in [5.41, 5.74) is -0.445. The maximum absolute atomic E-state index is 13.5. The third-order valence-electron chi connectivity index (χ3n) is 3.25. The molecule has 0 aliphatic carbocycles. The summed E-state index contributed by atoms with van der Waals surface area (Å²) >= 11 is 0. The summed E-state index contributed by atoms with van der Waals surface area (Å²) < 4.78 is 54.3. The first-order valence-electron chi connectivity index (χ1n) is 6.96. The number of benzene rings is 2. The summed E-state index contributed by atoms with van der Waals surface area (Å²) in [5.74, 6) is -5.54. The minimum atomic E-state index is -1.71. The molecule has 2 aromatic rings. The van der Waals surface area contributed by atoms with Crippen molar-refractivity contribution in [2.24, 2.45) is 0 Å². The van der Waals surface area contributed by atoms with Gasteiger partial charge in [-0.2, -0.15) is 0 Å². The SMILES string of the molecule is O=C(COC(=O)c1ccc2c(c1)OCO2)Nc1ccc(F)c(F)c1F. The van der Waals surface area contributed by atoms with E-state index in [-0.39, 0.29) is 12.4 Å².